The highest BCUT2D eigenvalue weighted by atomic mass is 79.9. The lowest BCUT2D eigenvalue weighted by Crippen LogP contribution is -2.17. The molecule has 10 heteroatoms. The second-order valence-corrected chi connectivity index (χ2v) is 7.50. The molecule has 31 heavy (non-hydrogen) atoms. The molecule has 3 N–H and O–H groups in total. The van der Waals surface area contributed by atoms with Crippen molar-refractivity contribution in [3.8, 4) is 17.0 Å². The van der Waals surface area contributed by atoms with Crippen molar-refractivity contribution in [2.75, 3.05) is 23.8 Å². The van der Waals surface area contributed by atoms with Gasteiger partial charge in [-0.2, -0.15) is 4.98 Å². The van der Waals surface area contributed by atoms with Crippen molar-refractivity contribution in [1.29, 1.82) is 0 Å². The van der Waals surface area contributed by atoms with Gasteiger partial charge in [0.2, 0.25) is 5.95 Å². The molecule has 3 rings (SSSR count). The molecule has 0 amide bonds. The molecule has 6 nitrogen and oxygen atoms in total. The number of ether oxygens (including phenoxy) is 1. The number of halogens is 4. The minimum absolute atomic E-state index is 0.00490. The van der Waals surface area contributed by atoms with Crippen molar-refractivity contribution in [1.82, 2.24) is 9.97 Å². The van der Waals surface area contributed by atoms with Gasteiger partial charge < -0.3 is 20.5 Å². The van der Waals surface area contributed by atoms with Gasteiger partial charge in [-0.05, 0) is 59.1 Å². The van der Waals surface area contributed by atoms with Crippen LogP contribution in [0.15, 0.2) is 53.0 Å². The minimum atomic E-state index is -4.79. The lowest BCUT2D eigenvalue weighted by molar-refractivity contribution is -0.274. The Morgan fingerprint density at radius 3 is 2.61 bits per heavy atom. The van der Waals surface area contributed by atoms with E-state index >= 15 is 0 Å². The van der Waals surface area contributed by atoms with E-state index in [4.69, 9.17) is 5.11 Å². The fourth-order valence-corrected chi connectivity index (χ4v) is 3.32. The maximum absolute atomic E-state index is 12.6. The molecule has 0 atom stereocenters. The zero-order chi connectivity index (χ0) is 22.4. The number of nitrogens with one attached hydrogen (secondary N) is 2. The summed E-state index contributed by atoms with van der Waals surface area (Å²) < 4.78 is 42.6. The molecule has 1 aromatic heterocycles. The quantitative estimate of drug-likeness (QED) is 0.349. The van der Waals surface area contributed by atoms with Gasteiger partial charge in [0, 0.05) is 29.3 Å². The number of alkyl halides is 3. The van der Waals surface area contributed by atoms with Crippen LogP contribution in [0.2, 0.25) is 0 Å². The van der Waals surface area contributed by atoms with Crippen LogP contribution < -0.4 is 15.4 Å². The molecular formula is C21H20BrF3N4O2. The second-order valence-electron chi connectivity index (χ2n) is 6.65. The number of anilines is 3. The molecule has 0 aliphatic rings. The first-order chi connectivity index (χ1) is 14.7. The van der Waals surface area contributed by atoms with Gasteiger partial charge in [0.15, 0.2) is 0 Å². The number of nitrogens with zero attached hydrogens (tertiary/aromatic N) is 2. The summed E-state index contributed by atoms with van der Waals surface area (Å²) in [5, 5.41) is 15.2. The van der Waals surface area contributed by atoms with Crippen molar-refractivity contribution in [3.05, 3.63) is 58.6 Å². The molecule has 0 spiro atoms. The van der Waals surface area contributed by atoms with Gasteiger partial charge in [0.25, 0.3) is 0 Å². The number of aliphatic hydroxyl groups excluding tert-OH is 1. The fraction of sp³-hybridized carbons (Fsp3) is 0.238. The Labute approximate surface area is 185 Å². The van der Waals surface area contributed by atoms with E-state index in [-0.39, 0.29) is 18.3 Å². The third kappa shape index (κ3) is 6.83. The first-order valence-electron chi connectivity index (χ1n) is 9.37. The monoisotopic (exact) mass is 496 g/mol. The van der Waals surface area contributed by atoms with Crippen molar-refractivity contribution >= 4 is 33.4 Å². The van der Waals surface area contributed by atoms with Crippen LogP contribution in [-0.4, -0.2) is 34.6 Å². The highest BCUT2D eigenvalue weighted by molar-refractivity contribution is 9.10. The highest BCUT2D eigenvalue weighted by Crippen LogP contribution is 2.31. The van der Waals surface area contributed by atoms with Crippen LogP contribution in [0.1, 0.15) is 12.0 Å². The van der Waals surface area contributed by atoms with E-state index in [2.05, 4.69) is 41.3 Å². The Morgan fingerprint density at radius 2 is 1.90 bits per heavy atom. The Hall–Kier alpha value is -2.85. The predicted molar refractivity (Wildman–Crippen MR) is 117 cm³/mol. The molecule has 0 saturated heterocycles. The van der Waals surface area contributed by atoms with Crippen molar-refractivity contribution < 1.29 is 23.0 Å². The van der Waals surface area contributed by atoms with E-state index in [9.17, 15) is 13.2 Å². The molecule has 0 bridgehead atoms. The van der Waals surface area contributed by atoms with Crippen LogP contribution in [0.3, 0.4) is 0 Å². The first-order valence-corrected chi connectivity index (χ1v) is 10.2. The van der Waals surface area contributed by atoms with Gasteiger partial charge in [0.1, 0.15) is 11.6 Å². The molecule has 0 fully saturated rings. The van der Waals surface area contributed by atoms with Gasteiger partial charge in [-0.25, -0.2) is 4.98 Å². The van der Waals surface area contributed by atoms with Gasteiger partial charge in [-0.15, -0.1) is 13.2 Å². The summed E-state index contributed by atoms with van der Waals surface area (Å²) in [6, 6.07) is 13.0. The number of aromatic nitrogens is 2. The van der Waals surface area contributed by atoms with E-state index < -0.39 is 6.36 Å². The van der Waals surface area contributed by atoms with E-state index in [1.165, 1.54) is 18.2 Å². The van der Waals surface area contributed by atoms with Crippen LogP contribution in [0.5, 0.6) is 5.75 Å². The van der Waals surface area contributed by atoms with Crippen LogP contribution in [0.25, 0.3) is 11.3 Å². The number of aryl methyl sites for hydroxylation is 1. The molecule has 0 unspecified atom stereocenters. The van der Waals surface area contributed by atoms with E-state index in [0.29, 0.717) is 30.0 Å². The summed E-state index contributed by atoms with van der Waals surface area (Å²) in [6.07, 6.45) is -4.29. The topological polar surface area (TPSA) is 79.3 Å². The molecule has 164 valence electrons. The zero-order valence-corrected chi connectivity index (χ0v) is 18.1. The number of rotatable bonds is 8. The highest BCUT2D eigenvalue weighted by Gasteiger charge is 2.31. The third-order valence-electron chi connectivity index (χ3n) is 4.09. The number of benzene rings is 2. The normalized spacial score (nSPS) is 11.3. The Bertz CT molecular complexity index is 1050. The zero-order valence-electron chi connectivity index (χ0n) is 16.5. The maximum atomic E-state index is 12.6. The van der Waals surface area contributed by atoms with Crippen LogP contribution in [-0.2, 0) is 0 Å². The van der Waals surface area contributed by atoms with Crippen molar-refractivity contribution in [3.63, 3.8) is 0 Å². The Morgan fingerprint density at radius 1 is 1.10 bits per heavy atom. The fourth-order valence-electron chi connectivity index (χ4n) is 2.73. The molecular weight excluding hydrogens is 477 g/mol. The third-order valence-corrected chi connectivity index (χ3v) is 4.75. The second kappa shape index (κ2) is 9.97. The number of hydrogen-bond donors (Lipinski definition) is 3. The first kappa shape index (κ1) is 22.8. The van der Waals surface area contributed by atoms with Crippen molar-refractivity contribution in [2.24, 2.45) is 0 Å². The molecule has 0 saturated carbocycles. The molecule has 2 aromatic carbocycles. The lowest BCUT2D eigenvalue weighted by Gasteiger charge is -2.14. The smallest absolute Gasteiger partial charge is 0.406 e. The molecule has 0 aliphatic heterocycles. The molecule has 3 aromatic rings. The number of aliphatic hydroxyl groups is 1. The SMILES string of the molecule is Cc1ccc(Nc2cc(-c3cccc(OC(F)(F)F)c3)nc(NCCCO)n2)c(Br)c1. The lowest BCUT2D eigenvalue weighted by atomic mass is 10.1. The Kier molecular flexibility index (Phi) is 7.34. The summed E-state index contributed by atoms with van der Waals surface area (Å²) in [5.41, 5.74) is 2.68. The number of hydrogen-bond acceptors (Lipinski definition) is 6. The van der Waals surface area contributed by atoms with Crippen molar-refractivity contribution in [2.45, 2.75) is 19.7 Å². The van der Waals surface area contributed by atoms with Gasteiger partial charge in [-0.1, -0.05) is 18.2 Å². The van der Waals surface area contributed by atoms with Crippen LogP contribution in [0, 0.1) is 6.92 Å². The molecule has 1 heterocycles. The minimum Gasteiger partial charge on any atom is -0.406 e. The summed E-state index contributed by atoms with van der Waals surface area (Å²) in [5.74, 6) is 0.385. The standard InChI is InChI=1S/C21H20BrF3N4O2/c1-13-6-7-17(16(22)10-13)27-19-12-18(28-20(29-19)26-8-3-9-30)14-4-2-5-15(11-14)31-21(23,24)25/h2,4-7,10-12,30H,3,8-9H2,1H3,(H2,26,27,28,29). The largest absolute Gasteiger partial charge is 0.573 e. The van der Waals surface area contributed by atoms with E-state index in [1.807, 2.05) is 25.1 Å². The average molecular weight is 497 g/mol. The van der Waals surface area contributed by atoms with Crippen LogP contribution in [0.4, 0.5) is 30.6 Å². The van der Waals surface area contributed by atoms with Gasteiger partial charge in [0.05, 0.1) is 11.4 Å². The summed E-state index contributed by atoms with van der Waals surface area (Å²) in [4.78, 5) is 8.82. The summed E-state index contributed by atoms with van der Waals surface area (Å²) >= 11 is 3.50. The molecule has 0 aliphatic carbocycles. The van der Waals surface area contributed by atoms with E-state index in [0.717, 1.165) is 15.7 Å². The van der Waals surface area contributed by atoms with Crippen LogP contribution >= 0.6 is 15.9 Å². The molecule has 0 radical (unpaired) electrons. The Balaban J connectivity index is 1.96. The average Bonchev–Trinajstić information content (AvgIpc) is 2.69. The van der Waals surface area contributed by atoms with Gasteiger partial charge in [-0.3, -0.25) is 0 Å². The van der Waals surface area contributed by atoms with Gasteiger partial charge >= 0.3 is 6.36 Å². The predicted octanol–water partition coefficient (Wildman–Crippen LogP) is 5.65. The van der Waals surface area contributed by atoms with E-state index in [1.54, 1.807) is 12.1 Å². The maximum Gasteiger partial charge on any atom is 0.573 e. The summed E-state index contributed by atoms with van der Waals surface area (Å²) in [6.45, 7) is 2.41. The summed E-state index contributed by atoms with van der Waals surface area (Å²) in [7, 11) is 0.